The van der Waals surface area contributed by atoms with Crippen molar-refractivity contribution in [2.45, 2.75) is 103 Å². The van der Waals surface area contributed by atoms with Gasteiger partial charge >= 0.3 is 0 Å². The number of fused-ring (bicyclic) bond motifs is 7. The maximum absolute atomic E-state index is 2.80. The van der Waals surface area contributed by atoms with E-state index in [9.17, 15) is 0 Å². The van der Waals surface area contributed by atoms with Gasteiger partial charge in [0.1, 0.15) is 0 Å². The Bertz CT molecular complexity index is 3950. The zero-order valence-electron chi connectivity index (χ0n) is 48.2. The van der Waals surface area contributed by atoms with Crippen molar-refractivity contribution in [2.75, 3.05) is 19.6 Å². The van der Waals surface area contributed by atoms with Crippen LogP contribution in [0.5, 0.6) is 0 Å². The van der Waals surface area contributed by atoms with E-state index >= 15 is 0 Å². The highest BCUT2D eigenvalue weighted by atomic mass is 15.3. The van der Waals surface area contributed by atoms with Gasteiger partial charge in [-0.15, -0.1) is 0 Å². The molecule has 0 radical (unpaired) electrons. The molecular formula is C76H71BN4. The fourth-order valence-corrected chi connectivity index (χ4v) is 14.4. The molecule has 0 N–H and O–H groups in total. The van der Waals surface area contributed by atoms with Crippen molar-refractivity contribution in [3.8, 4) is 22.3 Å². The molecule has 3 aliphatic heterocycles. The first-order valence-electron chi connectivity index (χ1n) is 29.4. The van der Waals surface area contributed by atoms with Crippen molar-refractivity contribution in [1.29, 1.82) is 0 Å². The molecule has 10 aromatic carbocycles. The third-order valence-electron chi connectivity index (χ3n) is 18.9. The van der Waals surface area contributed by atoms with E-state index in [1.54, 1.807) is 0 Å². The van der Waals surface area contributed by atoms with Gasteiger partial charge in [0.25, 0.3) is 6.71 Å². The largest absolute Gasteiger partial charge is 0.334 e. The van der Waals surface area contributed by atoms with Gasteiger partial charge in [0.2, 0.25) is 0 Å². The minimum atomic E-state index is -0.241. The lowest BCUT2D eigenvalue weighted by Crippen LogP contribution is -2.61. The molecule has 5 heteroatoms. The smallest absolute Gasteiger partial charge is 0.252 e. The van der Waals surface area contributed by atoms with Gasteiger partial charge in [-0.3, -0.25) is 0 Å². The monoisotopic (exact) mass is 1050 g/mol. The van der Waals surface area contributed by atoms with E-state index in [-0.39, 0.29) is 28.5 Å². The van der Waals surface area contributed by atoms with Crippen molar-refractivity contribution >= 4 is 85.7 Å². The van der Waals surface area contributed by atoms with Crippen molar-refractivity contribution in [1.82, 2.24) is 0 Å². The number of rotatable bonds is 8. The molecule has 1 fully saturated rings. The van der Waals surface area contributed by atoms with Crippen molar-refractivity contribution in [3.05, 3.63) is 253 Å². The summed E-state index contributed by atoms with van der Waals surface area (Å²) in [6, 6.07) is 89.7. The van der Waals surface area contributed by atoms with Gasteiger partial charge < -0.3 is 19.6 Å². The fourth-order valence-electron chi connectivity index (χ4n) is 14.4. The average Bonchev–Trinajstić information content (AvgIpc) is 3.97. The first-order chi connectivity index (χ1) is 39.2. The summed E-state index contributed by atoms with van der Waals surface area (Å²) in [6.45, 7) is 19.0. The van der Waals surface area contributed by atoms with Crippen molar-refractivity contribution in [2.24, 2.45) is 0 Å². The van der Waals surface area contributed by atoms with Gasteiger partial charge in [-0.2, -0.15) is 0 Å². The summed E-state index contributed by atoms with van der Waals surface area (Å²) in [4.78, 5) is 10.5. The number of benzene rings is 10. The molecule has 14 rings (SSSR count). The second-order valence-corrected chi connectivity index (χ2v) is 25.7. The van der Waals surface area contributed by atoms with Crippen molar-refractivity contribution in [3.63, 3.8) is 0 Å². The van der Waals surface area contributed by atoms with Gasteiger partial charge in [0, 0.05) is 68.0 Å². The van der Waals surface area contributed by atoms with E-state index < -0.39 is 0 Å². The van der Waals surface area contributed by atoms with E-state index in [1.165, 1.54) is 108 Å². The summed E-state index contributed by atoms with van der Waals surface area (Å²) < 4.78 is 0. The van der Waals surface area contributed by atoms with Crippen LogP contribution in [0.4, 0.5) is 62.6 Å². The number of hydrogen-bond acceptors (Lipinski definition) is 4. The second kappa shape index (κ2) is 19.1. The molecule has 0 bridgehead atoms. The Morgan fingerprint density at radius 3 is 1.51 bits per heavy atom. The summed E-state index contributed by atoms with van der Waals surface area (Å²) in [5, 5.41) is 0. The molecule has 4 aliphatic rings. The standard InChI is InChI=1S/C76H71BN4/c1-73(2,3)56-34-38-59(39-35-56)78(60-40-36-57(37-41-60)74(4,5)6)62-42-44-67-64(49-62)75(7)45-20-21-46-76(75,8)81(67)63-50-70-72-71(51-63)80(61-30-22-27-54(47-61)52-23-12-9-13-24-52)69-48-55(53-25-14-10-15-26-53)33-43-66(69)77(72)65-31-18-19-32-68(65)79(70)58-28-16-11-17-29-58/h9-19,22-44,47-51H,20-21,45-46H2,1-8H3. The highest BCUT2D eigenvalue weighted by Gasteiger charge is 2.58. The summed E-state index contributed by atoms with van der Waals surface area (Å²) in [5.41, 5.74) is 25.7. The number of nitrogens with zero attached hydrogens (tertiary/aromatic N) is 4. The van der Waals surface area contributed by atoms with E-state index in [2.05, 4.69) is 312 Å². The number of para-hydroxylation sites is 2. The average molecular weight is 1050 g/mol. The molecule has 2 atom stereocenters. The Morgan fingerprint density at radius 2 is 0.889 bits per heavy atom. The predicted molar refractivity (Wildman–Crippen MR) is 346 cm³/mol. The zero-order chi connectivity index (χ0) is 55.4. The topological polar surface area (TPSA) is 13.0 Å². The third-order valence-corrected chi connectivity index (χ3v) is 18.9. The van der Waals surface area contributed by atoms with E-state index in [4.69, 9.17) is 0 Å². The van der Waals surface area contributed by atoms with Crippen LogP contribution in [0.2, 0.25) is 0 Å². The SMILES string of the molecule is CC(C)(C)c1ccc(N(c2ccc(C(C)(C)C)cc2)c2ccc3c(c2)C2(C)CCCCC2(C)N3c2cc3c4c(c2)N(c2cccc(-c5ccccc5)c2)c2cc(-c5ccccc5)ccc2B4c2ccccc2N3c2ccccc2)cc1. The fraction of sp³-hybridized carbons (Fsp3) is 0.211. The molecule has 0 aromatic heterocycles. The van der Waals surface area contributed by atoms with Crippen LogP contribution < -0.4 is 36.0 Å². The molecule has 398 valence electrons. The molecule has 1 aliphatic carbocycles. The maximum atomic E-state index is 2.80. The molecule has 1 saturated carbocycles. The highest BCUT2D eigenvalue weighted by molar-refractivity contribution is 7.00. The zero-order valence-corrected chi connectivity index (χ0v) is 48.2. The molecule has 0 amide bonds. The van der Waals surface area contributed by atoms with Crippen LogP contribution in [0, 0.1) is 0 Å². The Hall–Kier alpha value is -8.54. The lowest BCUT2D eigenvalue weighted by atomic mass is 9.33. The first-order valence-corrected chi connectivity index (χ1v) is 29.4. The maximum Gasteiger partial charge on any atom is 0.252 e. The Balaban J connectivity index is 1.02. The molecule has 0 saturated heterocycles. The van der Waals surface area contributed by atoms with E-state index in [1.807, 2.05) is 0 Å². The normalized spacial score (nSPS) is 17.9. The third kappa shape index (κ3) is 8.25. The molecule has 3 heterocycles. The molecular weight excluding hydrogens is 980 g/mol. The van der Waals surface area contributed by atoms with Gasteiger partial charge in [-0.1, -0.05) is 207 Å². The minimum absolute atomic E-state index is 0.0153. The molecule has 0 spiro atoms. The van der Waals surface area contributed by atoms with Crippen LogP contribution >= 0.6 is 0 Å². The molecule has 10 aromatic rings. The van der Waals surface area contributed by atoms with Crippen molar-refractivity contribution < 1.29 is 0 Å². The second-order valence-electron chi connectivity index (χ2n) is 25.7. The summed E-state index contributed by atoms with van der Waals surface area (Å²) in [5.74, 6) is 0. The highest BCUT2D eigenvalue weighted by Crippen LogP contribution is 2.63. The van der Waals surface area contributed by atoms with Crippen LogP contribution in [0.1, 0.15) is 97.8 Å². The molecule has 4 nitrogen and oxygen atoms in total. The van der Waals surface area contributed by atoms with Crippen LogP contribution in [0.25, 0.3) is 22.3 Å². The summed E-state index contributed by atoms with van der Waals surface area (Å²) in [6.07, 6.45) is 4.55. The Kier molecular flexibility index (Phi) is 11.9. The first kappa shape index (κ1) is 50.7. The Labute approximate surface area is 481 Å². The lowest BCUT2D eigenvalue weighted by Gasteiger charge is -2.51. The van der Waals surface area contributed by atoms with Gasteiger partial charge in [0.15, 0.2) is 0 Å². The van der Waals surface area contributed by atoms with E-state index in [0.717, 1.165) is 35.6 Å². The van der Waals surface area contributed by atoms with E-state index in [0.29, 0.717) is 0 Å². The van der Waals surface area contributed by atoms with Gasteiger partial charge in [-0.25, -0.2) is 0 Å². The molecule has 2 unspecified atom stereocenters. The van der Waals surface area contributed by atoms with Gasteiger partial charge in [0.05, 0.1) is 5.54 Å². The van der Waals surface area contributed by atoms with Crippen LogP contribution in [0.3, 0.4) is 0 Å². The quantitative estimate of drug-likeness (QED) is 0.141. The van der Waals surface area contributed by atoms with Crippen LogP contribution in [-0.2, 0) is 16.2 Å². The van der Waals surface area contributed by atoms with Crippen LogP contribution in [-0.4, -0.2) is 12.3 Å². The summed E-state index contributed by atoms with van der Waals surface area (Å²) in [7, 11) is 0. The number of hydrogen-bond donors (Lipinski definition) is 0. The number of anilines is 11. The lowest BCUT2D eigenvalue weighted by molar-refractivity contribution is 0.195. The predicted octanol–water partition coefficient (Wildman–Crippen LogP) is 18.9. The molecule has 81 heavy (non-hydrogen) atoms. The minimum Gasteiger partial charge on any atom is -0.334 e. The summed E-state index contributed by atoms with van der Waals surface area (Å²) >= 11 is 0. The van der Waals surface area contributed by atoms with Crippen LogP contribution in [0.15, 0.2) is 237 Å². The Morgan fingerprint density at radius 1 is 0.383 bits per heavy atom. The van der Waals surface area contributed by atoms with Gasteiger partial charge in [-0.05, 0) is 177 Å².